The Balaban J connectivity index is 2.11. The Hall–Kier alpha value is -0.260. The van der Waals surface area contributed by atoms with Crippen molar-refractivity contribution >= 4 is 0 Å². The number of hydrogen-bond donors (Lipinski definition) is 0. The van der Waals surface area contributed by atoms with Gasteiger partial charge in [0.2, 0.25) is 0 Å². The third-order valence-electron chi connectivity index (χ3n) is 6.40. The van der Waals surface area contributed by atoms with Gasteiger partial charge in [0.15, 0.2) is 0 Å². The van der Waals surface area contributed by atoms with Gasteiger partial charge < -0.3 is 0 Å². The summed E-state index contributed by atoms with van der Waals surface area (Å²) in [5.74, 6) is 2.85. The zero-order valence-corrected chi connectivity index (χ0v) is 10.6. The Labute approximate surface area is 94.1 Å². The van der Waals surface area contributed by atoms with E-state index in [9.17, 15) is 0 Å². The van der Waals surface area contributed by atoms with Crippen LogP contribution in [-0.4, -0.2) is 0 Å². The molecule has 0 N–H and O–H groups in total. The molecule has 0 heteroatoms. The zero-order valence-electron chi connectivity index (χ0n) is 10.6. The van der Waals surface area contributed by atoms with Crippen molar-refractivity contribution in [3.05, 3.63) is 11.6 Å². The molecule has 1 spiro atoms. The maximum absolute atomic E-state index is 2.63. The fourth-order valence-electron chi connectivity index (χ4n) is 5.57. The van der Waals surface area contributed by atoms with Crippen LogP contribution in [0.4, 0.5) is 0 Å². The van der Waals surface area contributed by atoms with Crippen LogP contribution >= 0.6 is 0 Å². The zero-order chi connectivity index (χ0) is 10.8. The van der Waals surface area contributed by atoms with Crippen molar-refractivity contribution < 1.29 is 0 Å². The fraction of sp³-hybridized carbons (Fsp3) is 0.867. The minimum absolute atomic E-state index is 0.548. The minimum Gasteiger partial charge on any atom is -0.0788 e. The summed E-state index contributed by atoms with van der Waals surface area (Å²) in [4.78, 5) is 0. The van der Waals surface area contributed by atoms with Gasteiger partial charge in [-0.3, -0.25) is 0 Å². The molecule has 0 amide bonds. The van der Waals surface area contributed by atoms with Crippen LogP contribution in [0.25, 0.3) is 0 Å². The first-order valence-electron chi connectivity index (χ1n) is 6.71. The minimum atomic E-state index is 0.548. The maximum Gasteiger partial charge on any atom is -0.00790 e. The predicted molar refractivity (Wildman–Crippen MR) is 64.6 cm³/mol. The average molecular weight is 204 g/mol. The van der Waals surface area contributed by atoms with Crippen molar-refractivity contribution in [2.75, 3.05) is 0 Å². The summed E-state index contributed by atoms with van der Waals surface area (Å²) < 4.78 is 0. The monoisotopic (exact) mass is 204 g/mol. The number of rotatable bonds is 0. The molecule has 84 valence electrons. The largest absolute Gasteiger partial charge is 0.0788 e. The van der Waals surface area contributed by atoms with E-state index in [2.05, 4.69) is 33.8 Å². The van der Waals surface area contributed by atoms with Gasteiger partial charge in [0.25, 0.3) is 0 Å². The molecule has 0 aromatic rings. The molecule has 0 saturated heterocycles. The van der Waals surface area contributed by atoms with E-state index in [-0.39, 0.29) is 0 Å². The van der Waals surface area contributed by atoms with Gasteiger partial charge >= 0.3 is 0 Å². The molecule has 0 aromatic carbocycles. The smallest absolute Gasteiger partial charge is 0.00790 e. The third kappa shape index (κ3) is 0.905. The molecule has 3 aliphatic rings. The highest BCUT2D eigenvalue weighted by molar-refractivity contribution is 5.31. The predicted octanol–water partition coefficient (Wildman–Crippen LogP) is 4.42. The van der Waals surface area contributed by atoms with Gasteiger partial charge in [-0.05, 0) is 61.2 Å². The van der Waals surface area contributed by atoms with Gasteiger partial charge in [-0.1, -0.05) is 32.4 Å². The van der Waals surface area contributed by atoms with Crippen molar-refractivity contribution in [2.45, 2.75) is 53.4 Å². The van der Waals surface area contributed by atoms with Crippen molar-refractivity contribution in [1.29, 1.82) is 0 Å². The van der Waals surface area contributed by atoms with Crippen molar-refractivity contribution in [3.63, 3.8) is 0 Å². The van der Waals surface area contributed by atoms with E-state index < -0.39 is 0 Å². The topological polar surface area (TPSA) is 0 Å². The van der Waals surface area contributed by atoms with Gasteiger partial charge in [0, 0.05) is 0 Å². The van der Waals surface area contributed by atoms with Crippen molar-refractivity contribution in [1.82, 2.24) is 0 Å². The van der Waals surface area contributed by atoms with Crippen LogP contribution in [0, 0.1) is 28.6 Å². The van der Waals surface area contributed by atoms with Gasteiger partial charge in [0.1, 0.15) is 0 Å². The molecule has 2 saturated carbocycles. The fourth-order valence-corrected chi connectivity index (χ4v) is 5.57. The normalized spacial score (nSPS) is 57.9. The summed E-state index contributed by atoms with van der Waals surface area (Å²) in [6.45, 7) is 9.89. The first-order chi connectivity index (χ1) is 7.01. The Morgan fingerprint density at radius 1 is 1.20 bits per heavy atom. The molecule has 0 unspecified atom stereocenters. The van der Waals surface area contributed by atoms with Crippen LogP contribution in [0.3, 0.4) is 0 Å². The summed E-state index contributed by atoms with van der Waals surface area (Å²) in [6.07, 6.45) is 8.54. The van der Waals surface area contributed by atoms with Crippen LogP contribution in [0.2, 0.25) is 0 Å². The second-order valence-electron chi connectivity index (χ2n) is 6.73. The van der Waals surface area contributed by atoms with Crippen LogP contribution in [0.1, 0.15) is 53.4 Å². The van der Waals surface area contributed by atoms with Crippen molar-refractivity contribution in [2.24, 2.45) is 28.6 Å². The Kier molecular flexibility index (Phi) is 1.79. The Bertz CT molecular complexity index is 327. The molecule has 0 nitrogen and oxygen atoms in total. The summed E-state index contributed by atoms with van der Waals surface area (Å²) in [5, 5.41) is 0. The van der Waals surface area contributed by atoms with Gasteiger partial charge in [-0.2, -0.15) is 0 Å². The number of allylic oxidation sites excluding steroid dienone is 2. The SMILES string of the molecule is CC1=C[C@@]2(C)CC[C@@H]3[C@@H](C)CC[C@@]32[C@H]1C. The molecule has 2 fully saturated rings. The first kappa shape index (κ1) is 9.93. The highest BCUT2D eigenvalue weighted by Crippen LogP contribution is 2.73. The maximum atomic E-state index is 2.63. The van der Waals surface area contributed by atoms with Crippen LogP contribution in [0.15, 0.2) is 11.6 Å². The summed E-state index contributed by atoms with van der Waals surface area (Å²) in [6, 6.07) is 0. The molecule has 0 bridgehead atoms. The number of hydrogen-bond acceptors (Lipinski definition) is 0. The lowest BCUT2D eigenvalue weighted by Gasteiger charge is -2.42. The molecule has 0 aliphatic heterocycles. The lowest BCUT2D eigenvalue weighted by atomic mass is 9.61. The average Bonchev–Trinajstić information content (AvgIpc) is 2.70. The third-order valence-corrected chi connectivity index (χ3v) is 6.40. The Morgan fingerprint density at radius 3 is 2.67 bits per heavy atom. The summed E-state index contributed by atoms with van der Waals surface area (Å²) >= 11 is 0. The molecular weight excluding hydrogens is 180 g/mol. The quantitative estimate of drug-likeness (QED) is 0.513. The molecule has 3 aliphatic carbocycles. The lowest BCUT2D eigenvalue weighted by Crippen LogP contribution is -2.37. The molecule has 5 atom stereocenters. The molecule has 15 heavy (non-hydrogen) atoms. The van der Waals surface area contributed by atoms with Crippen molar-refractivity contribution in [3.8, 4) is 0 Å². The van der Waals surface area contributed by atoms with Crippen LogP contribution in [0.5, 0.6) is 0 Å². The Morgan fingerprint density at radius 2 is 1.93 bits per heavy atom. The first-order valence-corrected chi connectivity index (χ1v) is 6.71. The van der Waals surface area contributed by atoms with Gasteiger partial charge in [-0.15, -0.1) is 0 Å². The highest BCUT2D eigenvalue weighted by atomic mass is 14.7. The van der Waals surface area contributed by atoms with E-state index in [1.165, 1.54) is 25.7 Å². The second kappa shape index (κ2) is 2.70. The van der Waals surface area contributed by atoms with Gasteiger partial charge in [0.05, 0.1) is 0 Å². The van der Waals surface area contributed by atoms with E-state index in [1.54, 1.807) is 5.57 Å². The van der Waals surface area contributed by atoms with Crippen LogP contribution in [-0.2, 0) is 0 Å². The molecule has 0 heterocycles. The summed E-state index contributed by atoms with van der Waals surface area (Å²) in [5.41, 5.74) is 2.89. The molecule has 0 aromatic heterocycles. The molecular formula is C15H24. The standard InChI is InChI=1S/C15H24/c1-10-5-8-15-12(3)11(2)9-14(15,4)7-6-13(10)15/h9-10,12-13H,5-8H2,1-4H3/t10-,12-,13+,14+,15+/m0/s1. The van der Waals surface area contributed by atoms with E-state index in [0.29, 0.717) is 10.8 Å². The second-order valence-corrected chi connectivity index (χ2v) is 6.73. The molecule has 3 rings (SSSR count). The van der Waals surface area contributed by atoms with E-state index in [1.807, 2.05) is 0 Å². The summed E-state index contributed by atoms with van der Waals surface area (Å²) in [7, 11) is 0. The van der Waals surface area contributed by atoms with E-state index in [0.717, 1.165) is 17.8 Å². The van der Waals surface area contributed by atoms with Crippen LogP contribution < -0.4 is 0 Å². The van der Waals surface area contributed by atoms with E-state index >= 15 is 0 Å². The highest BCUT2D eigenvalue weighted by Gasteiger charge is 2.65. The van der Waals surface area contributed by atoms with E-state index in [4.69, 9.17) is 0 Å². The van der Waals surface area contributed by atoms with Gasteiger partial charge in [-0.25, -0.2) is 0 Å². The lowest BCUT2D eigenvalue weighted by molar-refractivity contribution is 0.0733. The molecule has 0 radical (unpaired) electrons.